The molecule has 84 heavy (non-hydrogen) atoms. The molecule has 0 N–H and O–H groups in total. The summed E-state index contributed by atoms with van der Waals surface area (Å²) >= 11 is 0. The van der Waals surface area contributed by atoms with E-state index in [4.69, 9.17) is 0 Å². The molecular formula is C82H82N2. The zero-order valence-electron chi connectivity index (χ0n) is 51.6. The highest BCUT2D eigenvalue weighted by atomic mass is 15.1. The lowest BCUT2D eigenvalue weighted by Crippen LogP contribution is -2.22. The number of fused-ring (bicyclic) bond motifs is 9. The minimum absolute atomic E-state index is 0.0664. The van der Waals surface area contributed by atoms with E-state index in [1.807, 2.05) is 0 Å². The zero-order valence-corrected chi connectivity index (χ0v) is 51.6. The first-order chi connectivity index (χ1) is 40.4. The number of para-hydroxylation sites is 1. The molecule has 1 aromatic heterocycles. The molecule has 0 saturated heterocycles. The van der Waals surface area contributed by atoms with E-state index in [2.05, 4.69) is 298 Å². The van der Waals surface area contributed by atoms with Crippen LogP contribution in [0.5, 0.6) is 0 Å². The number of anilines is 3. The largest absolute Gasteiger partial charge is 0.310 e. The normalized spacial score (nSPS) is 15.1. The lowest BCUT2D eigenvalue weighted by molar-refractivity contribution is 0.479. The van der Waals surface area contributed by atoms with Crippen LogP contribution >= 0.6 is 0 Å². The Morgan fingerprint density at radius 2 is 0.905 bits per heavy atom. The van der Waals surface area contributed by atoms with Gasteiger partial charge >= 0.3 is 0 Å². The van der Waals surface area contributed by atoms with Crippen LogP contribution in [0, 0.1) is 6.92 Å². The number of hydrogen-bond donors (Lipinski definition) is 0. The molecule has 0 amide bonds. The van der Waals surface area contributed by atoms with E-state index in [1.54, 1.807) is 0 Å². The van der Waals surface area contributed by atoms with Crippen molar-refractivity contribution in [1.82, 2.24) is 4.57 Å². The van der Waals surface area contributed by atoms with E-state index in [1.165, 1.54) is 161 Å². The summed E-state index contributed by atoms with van der Waals surface area (Å²) in [5.41, 5.74) is 29.4. The molecule has 0 saturated carbocycles. The predicted molar refractivity (Wildman–Crippen MR) is 361 cm³/mol. The van der Waals surface area contributed by atoms with E-state index >= 15 is 0 Å². The molecule has 1 atom stereocenters. The smallest absolute Gasteiger partial charge is 0.0541 e. The molecule has 2 aliphatic rings. The number of aryl methyl sites for hydroxylation is 1. The van der Waals surface area contributed by atoms with Gasteiger partial charge in [-0.05, 0) is 186 Å². The minimum Gasteiger partial charge on any atom is -0.310 e. The fraction of sp³-hybridized carbons (Fsp3) is 0.268. The Balaban J connectivity index is 0.874. The second kappa shape index (κ2) is 21.1. The first-order valence-electron chi connectivity index (χ1n) is 31.2. The third-order valence-corrected chi connectivity index (χ3v) is 19.3. The van der Waals surface area contributed by atoms with Crippen molar-refractivity contribution in [2.24, 2.45) is 0 Å². The Morgan fingerprint density at radius 1 is 0.381 bits per heavy atom. The fourth-order valence-electron chi connectivity index (χ4n) is 14.2. The fourth-order valence-corrected chi connectivity index (χ4v) is 14.2. The van der Waals surface area contributed by atoms with Crippen molar-refractivity contribution in [2.45, 2.75) is 143 Å². The third kappa shape index (κ3) is 9.70. The van der Waals surface area contributed by atoms with Gasteiger partial charge in [0.15, 0.2) is 0 Å². The van der Waals surface area contributed by atoms with Gasteiger partial charge < -0.3 is 9.47 Å². The van der Waals surface area contributed by atoms with Crippen LogP contribution in [-0.4, -0.2) is 4.57 Å². The number of rotatable bonds is 14. The lowest BCUT2D eigenvalue weighted by Gasteiger charge is -2.30. The highest BCUT2D eigenvalue weighted by Crippen LogP contribution is 2.54. The van der Waals surface area contributed by atoms with E-state index in [9.17, 15) is 0 Å². The first kappa shape index (κ1) is 55.0. The number of aromatic nitrogens is 1. The highest BCUT2D eigenvalue weighted by Gasteiger charge is 2.40. The number of nitrogens with zero attached hydrogens (tertiary/aromatic N) is 2. The van der Waals surface area contributed by atoms with E-state index in [0.717, 1.165) is 23.5 Å². The van der Waals surface area contributed by atoms with Gasteiger partial charge in [-0.25, -0.2) is 0 Å². The van der Waals surface area contributed by atoms with Gasteiger partial charge in [0.2, 0.25) is 0 Å². The second-order valence-corrected chi connectivity index (χ2v) is 27.4. The topological polar surface area (TPSA) is 8.17 Å². The average Bonchev–Trinajstić information content (AvgIpc) is 1.76. The van der Waals surface area contributed by atoms with Gasteiger partial charge in [-0.1, -0.05) is 253 Å². The molecule has 10 aromatic carbocycles. The molecule has 1 unspecified atom stereocenters. The summed E-state index contributed by atoms with van der Waals surface area (Å²) in [6.07, 6.45) is 8.96. The van der Waals surface area contributed by atoms with E-state index in [-0.39, 0.29) is 21.7 Å². The van der Waals surface area contributed by atoms with Crippen LogP contribution in [0.25, 0.3) is 83.1 Å². The van der Waals surface area contributed by atoms with Crippen LogP contribution in [-0.2, 0) is 21.7 Å². The summed E-state index contributed by atoms with van der Waals surface area (Å²) in [5, 5.41) is 2.51. The maximum absolute atomic E-state index is 2.57. The van der Waals surface area contributed by atoms with E-state index in [0.29, 0.717) is 0 Å². The average molecular weight is 1100 g/mol. The molecule has 2 nitrogen and oxygen atoms in total. The summed E-state index contributed by atoms with van der Waals surface area (Å²) < 4.78 is 2.52. The summed E-state index contributed by atoms with van der Waals surface area (Å²) in [6.45, 7) is 25.9. The third-order valence-electron chi connectivity index (χ3n) is 19.3. The van der Waals surface area contributed by atoms with Crippen molar-refractivity contribution in [3.8, 4) is 61.3 Å². The molecule has 0 fully saturated rings. The molecule has 0 radical (unpaired) electrons. The van der Waals surface area contributed by atoms with Gasteiger partial charge in [0.05, 0.1) is 11.0 Å². The minimum atomic E-state index is -0.117. The van der Waals surface area contributed by atoms with Crippen LogP contribution in [0.3, 0.4) is 0 Å². The Bertz CT molecular complexity index is 4280. The van der Waals surface area contributed by atoms with E-state index < -0.39 is 0 Å². The quantitative estimate of drug-likeness (QED) is 0.0986. The van der Waals surface area contributed by atoms with Crippen molar-refractivity contribution in [1.29, 1.82) is 0 Å². The van der Waals surface area contributed by atoms with Crippen LogP contribution in [0.1, 0.15) is 153 Å². The first-order valence-corrected chi connectivity index (χ1v) is 31.2. The van der Waals surface area contributed by atoms with Crippen molar-refractivity contribution in [3.63, 3.8) is 0 Å². The Morgan fingerprint density at radius 3 is 1.61 bits per heavy atom. The van der Waals surface area contributed by atoms with Crippen LogP contribution in [0.4, 0.5) is 17.1 Å². The molecule has 2 aliphatic carbocycles. The summed E-state index contributed by atoms with van der Waals surface area (Å²) in [6, 6.07) is 81.5. The van der Waals surface area contributed by atoms with Gasteiger partial charge in [0, 0.05) is 44.4 Å². The van der Waals surface area contributed by atoms with Gasteiger partial charge in [-0.3, -0.25) is 0 Å². The molecule has 1 heterocycles. The monoisotopic (exact) mass is 1090 g/mol. The van der Waals surface area contributed by atoms with Crippen molar-refractivity contribution < 1.29 is 0 Å². The van der Waals surface area contributed by atoms with Crippen molar-refractivity contribution >= 4 is 38.9 Å². The standard InChI is InChI=1S/C82H82N2/c1-12-13-14-15-16-21-46-82(11)75-50-59(34-42-69(75)70-43-36-61(52-76(70)82)79(3,4)5)60-47-62(80(6,7)8)51-66(48-60)84-77-25-20-18-23-71(77)72-49-58(35-45-78(72)84)57-32-39-64(40-33-57)83(63-37-30-56(31-38-63)55-28-26-54(2)27-29-55)65-41-44-68-67-22-17-19-24-73(67)81(9,10)74(68)53-65/h17-20,22-45,47-53H,12-16,21,46H2,1-11H3. The molecule has 2 heteroatoms. The van der Waals surface area contributed by atoms with Gasteiger partial charge in [0.1, 0.15) is 0 Å². The maximum atomic E-state index is 2.57. The number of hydrogen-bond acceptors (Lipinski definition) is 1. The maximum Gasteiger partial charge on any atom is 0.0541 e. The van der Waals surface area contributed by atoms with Crippen LogP contribution in [0.15, 0.2) is 212 Å². The number of benzene rings is 10. The lowest BCUT2D eigenvalue weighted by atomic mass is 9.74. The molecule has 0 spiro atoms. The molecule has 0 aliphatic heterocycles. The van der Waals surface area contributed by atoms with Crippen molar-refractivity contribution in [3.05, 3.63) is 251 Å². The Labute approximate surface area is 500 Å². The van der Waals surface area contributed by atoms with Gasteiger partial charge in [0.25, 0.3) is 0 Å². The summed E-state index contributed by atoms with van der Waals surface area (Å²) in [7, 11) is 0. The Hall–Kier alpha value is -8.20. The molecule has 11 aromatic rings. The second-order valence-electron chi connectivity index (χ2n) is 27.4. The van der Waals surface area contributed by atoms with Gasteiger partial charge in [-0.2, -0.15) is 0 Å². The molecule has 420 valence electrons. The Kier molecular flexibility index (Phi) is 13.8. The SMILES string of the molecule is CCCCCCCCC1(C)c2cc(-c3cc(-n4c5ccccc5c5cc(-c6ccc(N(c7ccc(-c8ccc(C)cc8)cc7)c7ccc8c(c7)C(C)(C)c7ccccc7-8)cc6)ccc54)cc(C(C)(C)C)c3)ccc2-c2ccc(C(C)(C)C)cc21. The number of unbranched alkanes of at least 4 members (excludes halogenated alkanes) is 5. The van der Waals surface area contributed by atoms with Gasteiger partial charge in [-0.15, -0.1) is 0 Å². The molecule has 0 bridgehead atoms. The van der Waals surface area contributed by atoms with Crippen LogP contribution < -0.4 is 4.90 Å². The zero-order chi connectivity index (χ0) is 58.3. The summed E-state index contributed by atoms with van der Waals surface area (Å²) in [4.78, 5) is 2.43. The van der Waals surface area contributed by atoms with Crippen LogP contribution in [0.2, 0.25) is 0 Å². The summed E-state index contributed by atoms with van der Waals surface area (Å²) in [5.74, 6) is 0. The highest BCUT2D eigenvalue weighted by molar-refractivity contribution is 6.10. The van der Waals surface area contributed by atoms with Crippen molar-refractivity contribution in [2.75, 3.05) is 4.90 Å². The predicted octanol–water partition coefficient (Wildman–Crippen LogP) is 23.5. The molecular weight excluding hydrogens is 1010 g/mol. The molecule has 13 rings (SSSR count).